The summed E-state index contributed by atoms with van der Waals surface area (Å²) in [7, 11) is 0. The molecule has 2 heterocycles. The van der Waals surface area contributed by atoms with Crippen molar-refractivity contribution in [1.29, 1.82) is 5.26 Å². The average Bonchev–Trinajstić information content (AvgIpc) is 2.72. The van der Waals surface area contributed by atoms with E-state index in [0.717, 1.165) is 24.2 Å². The van der Waals surface area contributed by atoms with Gasteiger partial charge in [0, 0.05) is 38.3 Å². The number of hydrogen-bond acceptors (Lipinski definition) is 7. The molecular weight excluding hydrogens is 414 g/mol. The van der Waals surface area contributed by atoms with Gasteiger partial charge in [-0.15, -0.1) is 0 Å². The molecule has 1 saturated heterocycles. The van der Waals surface area contributed by atoms with Crippen LogP contribution in [0.4, 0.5) is 4.79 Å². The molecule has 1 aliphatic heterocycles. The second-order valence-corrected chi connectivity index (χ2v) is 9.15. The summed E-state index contributed by atoms with van der Waals surface area (Å²) >= 11 is 1.32. The molecule has 1 N–H and O–H groups in total. The molecule has 9 heteroatoms. The molecule has 164 valence electrons. The smallest absolute Gasteiger partial charge is 0.410 e. The molecule has 0 spiro atoms. The number of benzene rings is 1. The standard InChI is InChI=1S/C22H27N5O3S/c1-22(2,3)30-21(29)27-10-8-26(9-11-27)14-15-6-5-7-16(12-15)18-17(13-23)19(28)25-20(24-18)31-4/h5-7,12H,8-11,14H2,1-4H3,(H,24,25,28). The highest BCUT2D eigenvalue weighted by molar-refractivity contribution is 7.98. The number of thioether (sulfide) groups is 1. The van der Waals surface area contributed by atoms with Crippen LogP contribution in [0.5, 0.6) is 0 Å². The number of nitrogens with one attached hydrogen (secondary N) is 1. The first-order valence-electron chi connectivity index (χ1n) is 10.1. The maximum Gasteiger partial charge on any atom is 0.410 e. The number of ether oxygens (including phenoxy) is 1. The number of rotatable bonds is 4. The van der Waals surface area contributed by atoms with Crippen molar-refractivity contribution in [3.8, 4) is 17.3 Å². The van der Waals surface area contributed by atoms with Gasteiger partial charge < -0.3 is 14.6 Å². The second-order valence-electron chi connectivity index (χ2n) is 8.35. The number of aromatic amines is 1. The number of piperazine rings is 1. The summed E-state index contributed by atoms with van der Waals surface area (Å²) in [4.78, 5) is 35.5. The maximum atomic E-state index is 12.2. The average molecular weight is 442 g/mol. The van der Waals surface area contributed by atoms with Crippen molar-refractivity contribution in [1.82, 2.24) is 19.8 Å². The molecular formula is C22H27N5O3S. The van der Waals surface area contributed by atoms with Gasteiger partial charge in [-0.3, -0.25) is 9.69 Å². The number of amides is 1. The van der Waals surface area contributed by atoms with Crippen molar-refractivity contribution in [2.24, 2.45) is 0 Å². The number of carbonyl (C=O) groups is 1. The SMILES string of the molecule is CSc1nc(-c2cccc(CN3CCN(C(=O)OC(C)(C)C)CC3)c2)c(C#N)c(=O)[nH]1. The Kier molecular flexibility index (Phi) is 7.03. The highest BCUT2D eigenvalue weighted by Crippen LogP contribution is 2.23. The van der Waals surface area contributed by atoms with Gasteiger partial charge in [-0.1, -0.05) is 30.0 Å². The molecule has 2 aromatic rings. The van der Waals surface area contributed by atoms with Gasteiger partial charge >= 0.3 is 6.09 Å². The molecule has 1 aliphatic rings. The third-order valence-electron chi connectivity index (χ3n) is 4.83. The molecule has 1 fully saturated rings. The predicted octanol–water partition coefficient (Wildman–Crippen LogP) is 3.08. The van der Waals surface area contributed by atoms with E-state index in [9.17, 15) is 14.9 Å². The minimum absolute atomic E-state index is 0.0147. The van der Waals surface area contributed by atoms with Gasteiger partial charge in [0.2, 0.25) is 0 Å². The van der Waals surface area contributed by atoms with Gasteiger partial charge in [0.15, 0.2) is 5.16 Å². The van der Waals surface area contributed by atoms with Gasteiger partial charge in [0.05, 0.1) is 5.69 Å². The molecule has 0 bridgehead atoms. The summed E-state index contributed by atoms with van der Waals surface area (Å²) in [6, 6.07) is 9.71. The van der Waals surface area contributed by atoms with Gasteiger partial charge in [0.25, 0.3) is 5.56 Å². The van der Waals surface area contributed by atoms with Crippen LogP contribution in [0.3, 0.4) is 0 Å². The molecule has 0 atom stereocenters. The van der Waals surface area contributed by atoms with Gasteiger partial charge in [0.1, 0.15) is 17.2 Å². The van der Waals surface area contributed by atoms with Crippen LogP contribution in [0.25, 0.3) is 11.3 Å². The number of H-pyrrole nitrogens is 1. The summed E-state index contributed by atoms with van der Waals surface area (Å²) in [5, 5.41) is 9.90. The van der Waals surface area contributed by atoms with E-state index in [0.29, 0.717) is 30.5 Å². The minimum Gasteiger partial charge on any atom is -0.444 e. The van der Waals surface area contributed by atoms with E-state index in [1.165, 1.54) is 11.8 Å². The van der Waals surface area contributed by atoms with Crippen LogP contribution in [-0.4, -0.2) is 63.9 Å². The Balaban J connectivity index is 1.71. The first kappa shape index (κ1) is 22.8. The van der Waals surface area contributed by atoms with Crippen molar-refractivity contribution >= 4 is 17.9 Å². The number of nitrogens with zero attached hydrogens (tertiary/aromatic N) is 4. The first-order valence-corrected chi connectivity index (χ1v) is 11.3. The molecule has 3 rings (SSSR count). The molecule has 8 nitrogen and oxygen atoms in total. The Morgan fingerprint density at radius 1 is 1.29 bits per heavy atom. The molecule has 0 saturated carbocycles. The van der Waals surface area contributed by atoms with Gasteiger partial charge in [-0.05, 0) is 38.7 Å². The zero-order chi connectivity index (χ0) is 22.6. The third kappa shape index (κ3) is 5.87. The monoisotopic (exact) mass is 441 g/mol. The number of hydrogen-bond donors (Lipinski definition) is 1. The number of aromatic nitrogens is 2. The van der Waals surface area contributed by atoms with Crippen LogP contribution in [-0.2, 0) is 11.3 Å². The molecule has 0 radical (unpaired) electrons. The molecule has 1 aromatic heterocycles. The Morgan fingerprint density at radius 2 is 2.00 bits per heavy atom. The van der Waals surface area contributed by atoms with Crippen molar-refractivity contribution in [2.45, 2.75) is 38.1 Å². The van der Waals surface area contributed by atoms with Crippen LogP contribution in [0, 0.1) is 11.3 Å². The van der Waals surface area contributed by atoms with Gasteiger partial charge in [-0.2, -0.15) is 5.26 Å². The van der Waals surface area contributed by atoms with Crippen LogP contribution < -0.4 is 5.56 Å². The summed E-state index contributed by atoms with van der Waals surface area (Å²) < 4.78 is 5.45. The molecule has 1 amide bonds. The Labute approximate surface area is 186 Å². The molecule has 0 aliphatic carbocycles. The van der Waals surface area contributed by atoms with Crippen LogP contribution in [0.15, 0.2) is 34.2 Å². The minimum atomic E-state index is -0.500. The zero-order valence-electron chi connectivity index (χ0n) is 18.3. The fraction of sp³-hybridized carbons (Fsp3) is 0.455. The molecule has 31 heavy (non-hydrogen) atoms. The van der Waals surface area contributed by atoms with E-state index in [1.807, 2.05) is 57.4 Å². The van der Waals surface area contributed by atoms with Crippen molar-refractivity contribution in [3.63, 3.8) is 0 Å². The summed E-state index contributed by atoms with van der Waals surface area (Å²) in [6.07, 6.45) is 1.55. The van der Waals surface area contributed by atoms with Crippen molar-refractivity contribution in [2.75, 3.05) is 32.4 Å². The van der Waals surface area contributed by atoms with E-state index in [-0.39, 0.29) is 11.7 Å². The normalized spacial score (nSPS) is 14.9. The number of nitriles is 1. The van der Waals surface area contributed by atoms with Crippen LogP contribution in [0.2, 0.25) is 0 Å². The van der Waals surface area contributed by atoms with E-state index in [1.54, 1.807) is 4.90 Å². The number of carbonyl (C=O) groups excluding carboxylic acids is 1. The maximum absolute atomic E-state index is 12.2. The highest BCUT2D eigenvalue weighted by atomic mass is 32.2. The Hall–Kier alpha value is -2.83. The zero-order valence-corrected chi connectivity index (χ0v) is 19.1. The van der Waals surface area contributed by atoms with Crippen LogP contribution in [0.1, 0.15) is 31.9 Å². The topological polar surface area (TPSA) is 102 Å². The third-order valence-corrected chi connectivity index (χ3v) is 5.41. The van der Waals surface area contributed by atoms with Crippen molar-refractivity contribution < 1.29 is 9.53 Å². The summed E-state index contributed by atoms with van der Waals surface area (Å²) in [5.41, 5.74) is 1.27. The lowest BCUT2D eigenvalue weighted by Gasteiger charge is -2.35. The lowest BCUT2D eigenvalue weighted by molar-refractivity contribution is 0.0139. The quantitative estimate of drug-likeness (QED) is 0.574. The van der Waals surface area contributed by atoms with E-state index in [2.05, 4.69) is 14.9 Å². The lowest BCUT2D eigenvalue weighted by atomic mass is 10.0. The fourth-order valence-corrected chi connectivity index (χ4v) is 3.73. The van der Waals surface area contributed by atoms with Gasteiger partial charge in [-0.25, -0.2) is 9.78 Å². The fourth-order valence-electron chi connectivity index (χ4n) is 3.35. The Bertz CT molecular complexity index is 1050. The molecule has 1 aromatic carbocycles. The van der Waals surface area contributed by atoms with E-state index >= 15 is 0 Å². The predicted molar refractivity (Wildman–Crippen MR) is 120 cm³/mol. The van der Waals surface area contributed by atoms with Crippen LogP contribution >= 0.6 is 11.8 Å². The summed E-state index contributed by atoms with van der Waals surface area (Å²) in [6.45, 7) is 9.01. The Morgan fingerprint density at radius 3 is 2.61 bits per heavy atom. The van der Waals surface area contributed by atoms with E-state index in [4.69, 9.17) is 4.74 Å². The first-order chi connectivity index (χ1) is 14.7. The highest BCUT2D eigenvalue weighted by Gasteiger charge is 2.26. The summed E-state index contributed by atoms with van der Waals surface area (Å²) in [5.74, 6) is 0. The van der Waals surface area contributed by atoms with Crippen molar-refractivity contribution in [3.05, 3.63) is 45.7 Å². The lowest BCUT2D eigenvalue weighted by Crippen LogP contribution is -2.49. The van der Waals surface area contributed by atoms with E-state index < -0.39 is 11.2 Å². The largest absolute Gasteiger partial charge is 0.444 e. The second kappa shape index (κ2) is 9.54. The molecule has 0 unspecified atom stereocenters.